The molecule has 1 aromatic rings. The molecule has 0 saturated carbocycles. The van der Waals surface area contributed by atoms with Gasteiger partial charge in [0.05, 0.1) is 12.7 Å². The Bertz CT molecular complexity index is 654. The highest BCUT2D eigenvalue weighted by molar-refractivity contribution is 7.14. The Balaban J connectivity index is 1.55. The van der Waals surface area contributed by atoms with Crippen LogP contribution >= 0.6 is 11.3 Å². The molecule has 2 unspecified atom stereocenters. The number of hydrogen-bond acceptors (Lipinski definition) is 6. The molecule has 0 aliphatic carbocycles. The molecule has 1 aromatic heterocycles. The van der Waals surface area contributed by atoms with E-state index in [2.05, 4.69) is 10.6 Å². The quantitative estimate of drug-likeness (QED) is 0.739. The molecule has 25 heavy (non-hydrogen) atoms. The zero-order chi connectivity index (χ0) is 17.8. The summed E-state index contributed by atoms with van der Waals surface area (Å²) in [5.41, 5.74) is 0.390. The monoisotopic (exact) mass is 365 g/mol. The lowest BCUT2D eigenvalue weighted by atomic mass is 10.0. The summed E-state index contributed by atoms with van der Waals surface area (Å²) in [5, 5.41) is 8.48. The molecule has 8 heteroatoms. The smallest absolute Gasteiger partial charge is 0.340 e. The fraction of sp³-hybridized carbons (Fsp3) is 0.588. The van der Waals surface area contributed by atoms with Crippen LogP contribution in [0.25, 0.3) is 0 Å². The first-order valence-corrected chi connectivity index (χ1v) is 9.45. The summed E-state index contributed by atoms with van der Waals surface area (Å²) in [4.78, 5) is 38.1. The lowest BCUT2D eigenvalue weighted by Gasteiger charge is -2.17. The van der Waals surface area contributed by atoms with E-state index in [1.165, 1.54) is 18.4 Å². The summed E-state index contributed by atoms with van der Waals surface area (Å²) >= 11 is 1.33. The van der Waals surface area contributed by atoms with Crippen molar-refractivity contribution >= 4 is 34.1 Å². The molecular formula is C17H23N3O4S. The number of nitrogens with zero attached hydrogens (tertiary/aromatic N) is 1. The average molecular weight is 365 g/mol. The largest absolute Gasteiger partial charge is 0.465 e. The van der Waals surface area contributed by atoms with Crippen molar-refractivity contribution in [2.45, 2.75) is 31.7 Å². The normalized spacial score (nSPS) is 23.1. The maximum atomic E-state index is 12.6. The van der Waals surface area contributed by atoms with Gasteiger partial charge < -0.3 is 20.3 Å². The van der Waals surface area contributed by atoms with Crippen molar-refractivity contribution in [3.05, 3.63) is 17.0 Å². The maximum Gasteiger partial charge on any atom is 0.340 e. The number of thiophene rings is 1. The molecule has 0 spiro atoms. The van der Waals surface area contributed by atoms with E-state index in [0.29, 0.717) is 35.9 Å². The van der Waals surface area contributed by atoms with Gasteiger partial charge in [-0.1, -0.05) is 0 Å². The molecule has 0 aromatic carbocycles. The van der Waals surface area contributed by atoms with Crippen LogP contribution in [0.2, 0.25) is 0 Å². The van der Waals surface area contributed by atoms with Gasteiger partial charge in [0.25, 0.3) is 0 Å². The van der Waals surface area contributed by atoms with E-state index in [-0.39, 0.29) is 11.8 Å². The molecule has 3 heterocycles. The molecular weight excluding hydrogens is 342 g/mol. The Labute approximate surface area is 150 Å². The summed E-state index contributed by atoms with van der Waals surface area (Å²) in [7, 11) is 1.32. The van der Waals surface area contributed by atoms with Crippen molar-refractivity contribution in [2.75, 3.05) is 31.6 Å². The topological polar surface area (TPSA) is 87.7 Å². The highest BCUT2D eigenvalue weighted by atomic mass is 32.1. The summed E-state index contributed by atoms with van der Waals surface area (Å²) in [5.74, 6) is -0.146. The number of carbonyl (C=O) groups excluding carboxylic acids is 3. The first-order valence-electron chi connectivity index (χ1n) is 8.57. The number of anilines is 1. The van der Waals surface area contributed by atoms with E-state index < -0.39 is 12.0 Å². The van der Waals surface area contributed by atoms with Crippen molar-refractivity contribution in [2.24, 2.45) is 5.92 Å². The van der Waals surface area contributed by atoms with Crippen LogP contribution in [0.3, 0.4) is 0 Å². The lowest BCUT2D eigenvalue weighted by molar-refractivity contribution is -0.126. The van der Waals surface area contributed by atoms with Crippen molar-refractivity contribution < 1.29 is 19.1 Å². The van der Waals surface area contributed by atoms with Gasteiger partial charge >= 0.3 is 5.97 Å². The van der Waals surface area contributed by atoms with Crippen LogP contribution in [0.4, 0.5) is 5.00 Å². The zero-order valence-electron chi connectivity index (χ0n) is 14.2. The van der Waals surface area contributed by atoms with Gasteiger partial charge in [0.2, 0.25) is 11.8 Å². The van der Waals surface area contributed by atoms with Gasteiger partial charge in [0.1, 0.15) is 11.0 Å². The molecule has 2 aliphatic heterocycles. The minimum atomic E-state index is -0.512. The van der Waals surface area contributed by atoms with Crippen molar-refractivity contribution in [3.8, 4) is 0 Å². The molecule has 0 radical (unpaired) electrons. The SMILES string of the molecule is COC(=O)c1ccsc1N1CCC(NC(=O)CCC2CCNC2)C1=O. The lowest BCUT2D eigenvalue weighted by Crippen LogP contribution is -2.41. The molecule has 2 atom stereocenters. The summed E-state index contributed by atoms with van der Waals surface area (Å²) < 4.78 is 4.76. The minimum absolute atomic E-state index is 0.0773. The predicted molar refractivity (Wildman–Crippen MR) is 94.8 cm³/mol. The third-order valence-corrected chi connectivity index (χ3v) is 5.71. The predicted octanol–water partition coefficient (Wildman–Crippen LogP) is 1.15. The summed E-state index contributed by atoms with van der Waals surface area (Å²) in [6.45, 7) is 2.48. The van der Waals surface area contributed by atoms with Gasteiger partial charge in [0.15, 0.2) is 0 Å². The average Bonchev–Trinajstić information content (AvgIpc) is 3.34. The van der Waals surface area contributed by atoms with Crippen LogP contribution in [0.15, 0.2) is 11.4 Å². The molecule has 3 rings (SSSR count). The molecule has 136 valence electrons. The Morgan fingerprint density at radius 1 is 1.44 bits per heavy atom. The van der Waals surface area contributed by atoms with E-state index in [4.69, 9.17) is 4.74 Å². The summed E-state index contributed by atoms with van der Waals surface area (Å²) in [6.07, 6.45) is 2.95. The highest BCUT2D eigenvalue weighted by Gasteiger charge is 2.36. The van der Waals surface area contributed by atoms with E-state index >= 15 is 0 Å². The minimum Gasteiger partial charge on any atom is -0.465 e. The van der Waals surface area contributed by atoms with E-state index in [1.807, 2.05) is 0 Å². The summed E-state index contributed by atoms with van der Waals surface area (Å²) in [6, 6.07) is 1.14. The van der Waals surface area contributed by atoms with E-state index in [0.717, 1.165) is 25.9 Å². The van der Waals surface area contributed by atoms with Gasteiger partial charge in [0, 0.05) is 13.0 Å². The van der Waals surface area contributed by atoms with E-state index in [9.17, 15) is 14.4 Å². The fourth-order valence-electron chi connectivity index (χ4n) is 3.35. The van der Waals surface area contributed by atoms with Crippen LogP contribution < -0.4 is 15.5 Å². The highest BCUT2D eigenvalue weighted by Crippen LogP contribution is 2.31. The number of carbonyl (C=O) groups is 3. The number of hydrogen-bond donors (Lipinski definition) is 2. The molecule has 0 bridgehead atoms. The van der Waals surface area contributed by atoms with Gasteiger partial charge in [-0.3, -0.25) is 9.59 Å². The van der Waals surface area contributed by atoms with Crippen LogP contribution in [0, 0.1) is 5.92 Å². The third kappa shape index (κ3) is 4.01. The van der Waals surface area contributed by atoms with Crippen molar-refractivity contribution in [1.29, 1.82) is 0 Å². The maximum absolute atomic E-state index is 12.6. The first-order chi connectivity index (χ1) is 12.1. The Morgan fingerprint density at radius 3 is 3.00 bits per heavy atom. The first kappa shape index (κ1) is 17.9. The molecule has 2 saturated heterocycles. The Hall–Kier alpha value is -1.93. The standard InChI is InChI=1S/C17H23N3O4S/c1-24-17(23)12-6-9-25-16(12)20-8-5-13(15(20)22)19-14(21)3-2-11-4-7-18-10-11/h6,9,11,13,18H,2-5,7-8,10H2,1H3,(H,19,21). The van der Waals surface area contributed by atoms with Gasteiger partial charge in [-0.15, -0.1) is 11.3 Å². The Morgan fingerprint density at radius 2 is 2.28 bits per heavy atom. The zero-order valence-corrected chi connectivity index (χ0v) is 15.1. The van der Waals surface area contributed by atoms with E-state index in [1.54, 1.807) is 16.3 Å². The van der Waals surface area contributed by atoms with Crippen LogP contribution in [-0.2, 0) is 14.3 Å². The number of esters is 1. The Kier molecular flexibility index (Phi) is 5.70. The number of rotatable bonds is 6. The number of methoxy groups -OCH3 is 1. The molecule has 2 amide bonds. The second-order valence-corrected chi connectivity index (χ2v) is 7.32. The molecule has 2 fully saturated rings. The van der Waals surface area contributed by atoms with Crippen molar-refractivity contribution in [3.63, 3.8) is 0 Å². The number of nitrogens with one attached hydrogen (secondary N) is 2. The molecule has 2 aliphatic rings. The van der Waals surface area contributed by atoms with Gasteiger partial charge in [-0.25, -0.2) is 4.79 Å². The second-order valence-electron chi connectivity index (χ2n) is 6.43. The third-order valence-electron chi connectivity index (χ3n) is 4.78. The number of amides is 2. The van der Waals surface area contributed by atoms with Crippen LogP contribution in [0.5, 0.6) is 0 Å². The number of ether oxygens (including phenoxy) is 1. The van der Waals surface area contributed by atoms with Crippen LogP contribution in [0.1, 0.15) is 36.0 Å². The van der Waals surface area contributed by atoms with Crippen molar-refractivity contribution in [1.82, 2.24) is 10.6 Å². The fourth-order valence-corrected chi connectivity index (χ4v) is 4.27. The molecule has 2 N–H and O–H groups in total. The van der Waals surface area contributed by atoms with Gasteiger partial charge in [-0.2, -0.15) is 0 Å². The van der Waals surface area contributed by atoms with Crippen LogP contribution in [-0.4, -0.2) is 50.6 Å². The molecule has 7 nitrogen and oxygen atoms in total. The second kappa shape index (κ2) is 7.97. The van der Waals surface area contributed by atoms with Gasteiger partial charge in [-0.05, 0) is 49.7 Å².